The van der Waals surface area contributed by atoms with Gasteiger partial charge in [0.15, 0.2) is 0 Å². The summed E-state index contributed by atoms with van der Waals surface area (Å²) in [5, 5.41) is 3.31. The van der Waals surface area contributed by atoms with E-state index in [-0.39, 0.29) is 12.0 Å². The van der Waals surface area contributed by atoms with Gasteiger partial charge in [0.25, 0.3) is 0 Å². The molecule has 0 saturated heterocycles. The van der Waals surface area contributed by atoms with Gasteiger partial charge in [-0.1, -0.05) is 31.2 Å². The van der Waals surface area contributed by atoms with Gasteiger partial charge >= 0.3 is 5.97 Å². The van der Waals surface area contributed by atoms with E-state index in [9.17, 15) is 4.79 Å². The van der Waals surface area contributed by atoms with Gasteiger partial charge in [0, 0.05) is 13.1 Å². The third kappa shape index (κ3) is 4.94. The zero-order valence-electron chi connectivity index (χ0n) is 13.0. The molecule has 0 amide bonds. The Morgan fingerprint density at radius 2 is 2.00 bits per heavy atom. The minimum absolute atomic E-state index is 0.202. The number of carbonyl (C=O) groups is 1. The summed E-state index contributed by atoms with van der Waals surface area (Å²) in [5.74, 6) is -0.202. The van der Waals surface area contributed by atoms with E-state index in [0.717, 1.165) is 25.1 Å². The summed E-state index contributed by atoms with van der Waals surface area (Å²) in [4.78, 5) is 14.3. The van der Waals surface area contributed by atoms with Crippen LogP contribution in [0.1, 0.15) is 31.0 Å². The van der Waals surface area contributed by atoms with E-state index in [1.165, 1.54) is 5.56 Å². The van der Waals surface area contributed by atoms with Crippen LogP contribution in [0.2, 0.25) is 0 Å². The number of hydrogen-bond acceptors (Lipinski definition) is 4. The van der Waals surface area contributed by atoms with Crippen LogP contribution in [0.15, 0.2) is 24.3 Å². The summed E-state index contributed by atoms with van der Waals surface area (Å²) in [7, 11) is 4.03. The number of carbonyl (C=O) groups excluding carboxylic acids is 1. The molecule has 1 aromatic carbocycles. The Morgan fingerprint density at radius 3 is 2.60 bits per heavy atom. The molecular weight excluding hydrogens is 252 g/mol. The lowest BCUT2D eigenvalue weighted by atomic mass is 9.98. The maximum atomic E-state index is 12.2. The molecule has 1 atom stereocenters. The average molecular weight is 278 g/mol. The lowest BCUT2D eigenvalue weighted by molar-refractivity contribution is -0.145. The Labute approximate surface area is 122 Å². The smallest absolute Gasteiger partial charge is 0.327 e. The van der Waals surface area contributed by atoms with Crippen LogP contribution >= 0.6 is 0 Å². The number of aryl methyl sites for hydroxylation is 1. The molecule has 0 aliphatic heterocycles. The Balaban J connectivity index is 2.88. The van der Waals surface area contributed by atoms with Gasteiger partial charge in [0.1, 0.15) is 6.04 Å². The van der Waals surface area contributed by atoms with Crippen molar-refractivity contribution in [2.75, 3.05) is 33.8 Å². The van der Waals surface area contributed by atoms with Crippen molar-refractivity contribution in [3.8, 4) is 0 Å². The maximum absolute atomic E-state index is 12.2. The summed E-state index contributed by atoms with van der Waals surface area (Å²) >= 11 is 0. The zero-order chi connectivity index (χ0) is 15.0. The highest BCUT2D eigenvalue weighted by Gasteiger charge is 2.23. The number of rotatable bonds is 8. The van der Waals surface area contributed by atoms with Crippen molar-refractivity contribution < 1.29 is 9.53 Å². The van der Waals surface area contributed by atoms with Gasteiger partial charge in [0.05, 0.1) is 6.61 Å². The molecule has 0 saturated carbocycles. The molecule has 0 radical (unpaired) electrons. The van der Waals surface area contributed by atoms with Crippen molar-refractivity contribution in [1.82, 2.24) is 10.2 Å². The van der Waals surface area contributed by atoms with Crippen molar-refractivity contribution in [3.05, 3.63) is 35.4 Å². The predicted molar refractivity (Wildman–Crippen MR) is 81.8 cm³/mol. The van der Waals surface area contributed by atoms with Gasteiger partial charge < -0.3 is 9.64 Å². The third-order valence-corrected chi connectivity index (χ3v) is 3.18. The second-order valence-electron chi connectivity index (χ2n) is 4.99. The second-order valence-corrected chi connectivity index (χ2v) is 4.99. The van der Waals surface area contributed by atoms with Gasteiger partial charge in [-0.2, -0.15) is 0 Å². The summed E-state index contributed by atoms with van der Waals surface area (Å²) in [6.45, 7) is 5.96. The Bertz CT molecular complexity index is 419. The lowest BCUT2D eigenvalue weighted by Crippen LogP contribution is -2.35. The molecule has 4 heteroatoms. The highest BCUT2D eigenvalue weighted by atomic mass is 16.5. The topological polar surface area (TPSA) is 41.6 Å². The molecule has 0 fully saturated rings. The number of ether oxygens (including phenoxy) is 1. The molecule has 1 unspecified atom stereocenters. The van der Waals surface area contributed by atoms with Gasteiger partial charge in [-0.05, 0) is 38.6 Å². The summed E-state index contributed by atoms with van der Waals surface area (Å²) < 4.78 is 5.20. The average Bonchev–Trinajstić information content (AvgIpc) is 2.43. The quantitative estimate of drug-likeness (QED) is 0.739. The number of nitrogens with one attached hydrogen (secondary N) is 1. The summed E-state index contributed by atoms with van der Waals surface area (Å²) in [5.41, 5.74) is 2.20. The van der Waals surface area contributed by atoms with E-state index < -0.39 is 0 Å². The number of nitrogens with zero attached hydrogens (tertiary/aromatic N) is 1. The Hall–Kier alpha value is -1.39. The normalized spacial score (nSPS) is 12.4. The molecule has 1 aromatic rings. The molecule has 0 aliphatic carbocycles. The zero-order valence-corrected chi connectivity index (χ0v) is 13.0. The van der Waals surface area contributed by atoms with E-state index in [2.05, 4.69) is 23.2 Å². The first-order chi connectivity index (χ1) is 9.60. The van der Waals surface area contributed by atoms with Crippen LogP contribution in [-0.4, -0.2) is 44.7 Å². The van der Waals surface area contributed by atoms with Crippen LogP contribution in [0.3, 0.4) is 0 Å². The first-order valence-electron chi connectivity index (χ1n) is 7.22. The Morgan fingerprint density at radius 1 is 1.30 bits per heavy atom. The number of hydrogen-bond donors (Lipinski definition) is 1. The largest absolute Gasteiger partial charge is 0.465 e. The fourth-order valence-electron chi connectivity index (χ4n) is 2.12. The van der Waals surface area contributed by atoms with Crippen molar-refractivity contribution in [3.63, 3.8) is 0 Å². The molecule has 112 valence electrons. The number of benzene rings is 1. The minimum Gasteiger partial charge on any atom is -0.465 e. The lowest BCUT2D eigenvalue weighted by Gasteiger charge is -2.21. The van der Waals surface area contributed by atoms with Crippen LogP contribution in [0.5, 0.6) is 0 Å². The van der Waals surface area contributed by atoms with Crippen LogP contribution in [0.4, 0.5) is 0 Å². The molecule has 1 rings (SSSR count). The molecule has 4 nitrogen and oxygen atoms in total. The van der Waals surface area contributed by atoms with Crippen LogP contribution < -0.4 is 5.32 Å². The first kappa shape index (κ1) is 16.7. The second kappa shape index (κ2) is 8.72. The van der Waals surface area contributed by atoms with Gasteiger partial charge in [0.2, 0.25) is 0 Å². The van der Waals surface area contributed by atoms with E-state index in [4.69, 9.17) is 4.74 Å². The fourth-order valence-corrected chi connectivity index (χ4v) is 2.12. The van der Waals surface area contributed by atoms with E-state index in [1.807, 2.05) is 39.2 Å². The molecule has 1 N–H and O–H groups in total. The molecular formula is C16H26N2O2. The number of likely N-dealkylation sites (N-methyl/N-ethyl adjacent to an activating group) is 1. The SMILES string of the molecule is CCOC(=O)C(NCCN(C)C)c1ccccc1CC. The Kier molecular flexibility index (Phi) is 7.26. The van der Waals surface area contributed by atoms with Crippen molar-refractivity contribution >= 4 is 5.97 Å². The molecule has 20 heavy (non-hydrogen) atoms. The van der Waals surface area contributed by atoms with Crippen molar-refractivity contribution in [1.29, 1.82) is 0 Å². The van der Waals surface area contributed by atoms with E-state index in [0.29, 0.717) is 6.61 Å². The highest BCUT2D eigenvalue weighted by Crippen LogP contribution is 2.20. The van der Waals surface area contributed by atoms with Gasteiger partial charge in [-0.25, -0.2) is 4.79 Å². The van der Waals surface area contributed by atoms with Crippen molar-refractivity contribution in [2.24, 2.45) is 0 Å². The van der Waals surface area contributed by atoms with E-state index in [1.54, 1.807) is 0 Å². The van der Waals surface area contributed by atoms with E-state index >= 15 is 0 Å². The monoisotopic (exact) mass is 278 g/mol. The van der Waals surface area contributed by atoms with Crippen molar-refractivity contribution in [2.45, 2.75) is 26.3 Å². The van der Waals surface area contributed by atoms with Gasteiger partial charge in [-0.15, -0.1) is 0 Å². The minimum atomic E-state index is -0.383. The summed E-state index contributed by atoms with van der Waals surface area (Å²) in [6.07, 6.45) is 0.904. The highest BCUT2D eigenvalue weighted by molar-refractivity contribution is 5.78. The van der Waals surface area contributed by atoms with Crippen LogP contribution in [0.25, 0.3) is 0 Å². The third-order valence-electron chi connectivity index (χ3n) is 3.18. The first-order valence-corrected chi connectivity index (χ1v) is 7.22. The molecule has 0 bridgehead atoms. The molecule has 0 aromatic heterocycles. The predicted octanol–water partition coefficient (Wildman–Crippen LogP) is 2.00. The standard InChI is InChI=1S/C16H26N2O2/c1-5-13-9-7-8-10-14(13)15(16(19)20-6-2)17-11-12-18(3)4/h7-10,15,17H,5-6,11-12H2,1-4H3. The van der Waals surface area contributed by atoms with Crippen LogP contribution in [0, 0.1) is 0 Å². The number of esters is 1. The summed E-state index contributed by atoms with van der Waals surface area (Å²) in [6, 6.07) is 7.66. The maximum Gasteiger partial charge on any atom is 0.327 e. The van der Waals surface area contributed by atoms with Crippen LogP contribution in [-0.2, 0) is 16.0 Å². The van der Waals surface area contributed by atoms with Gasteiger partial charge in [-0.3, -0.25) is 5.32 Å². The fraction of sp³-hybridized carbons (Fsp3) is 0.562. The molecule has 0 spiro atoms. The molecule has 0 heterocycles. The molecule has 0 aliphatic rings.